The Morgan fingerprint density at radius 3 is 2.93 bits per heavy atom. The van der Waals surface area contributed by atoms with Crippen molar-refractivity contribution < 1.29 is 8.81 Å². The van der Waals surface area contributed by atoms with E-state index in [1.54, 1.807) is 12.1 Å². The van der Waals surface area contributed by atoms with Crippen LogP contribution in [0.5, 0.6) is 0 Å². The molecule has 0 radical (unpaired) electrons. The minimum atomic E-state index is -0.368. The molecule has 0 saturated carbocycles. The molecule has 0 fully saturated rings. The van der Waals surface area contributed by atoms with E-state index in [-0.39, 0.29) is 11.7 Å². The Morgan fingerprint density at radius 1 is 1.47 bits per heavy atom. The van der Waals surface area contributed by atoms with Gasteiger partial charge in [-0.1, -0.05) is 6.07 Å². The predicted molar refractivity (Wildman–Crippen MR) is 59.2 cm³/mol. The van der Waals surface area contributed by atoms with Crippen molar-refractivity contribution in [1.82, 2.24) is 4.98 Å². The van der Waals surface area contributed by atoms with Crippen LogP contribution in [0.3, 0.4) is 0 Å². The van der Waals surface area contributed by atoms with Crippen LogP contribution in [0.2, 0.25) is 0 Å². The third-order valence-electron chi connectivity index (χ3n) is 1.96. The second kappa shape index (κ2) is 4.33. The van der Waals surface area contributed by atoms with Crippen molar-refractivity contribution in [3.8, 4) is 11.3 Å². The van der Waals surface area contributed by atoms with Crippen molar-refractivity contribution in [3.63, 3.8) is 0 Å². The van der Waals surface area contributed by atoms with Crippen molar-refractivity contribution in [2.75, 3.05) is 0 Å². The maximum atomic E-state index is 13.6. The smallest absolute Gasteiger partial charge is 0.181 e. The van der Waals surface area contributed by atoms with Gasteiger partial charge in [-0.2, -0.15) is 0 Å². The van der Waals surface area contributed by atoms with Gasteiger partial charge in [0.25, 0.3) is 0 Å². The number of rotatable bonds is 2. The van der Waals surface area contributed by atoms with Gasteiger partial charge in [-0.3, -0.25) is 0 Å². The maximum absolute atomic E-state index is 13.6. The highest BCUT2D eigenvalue weighted by atomic mass is 79.9. The lowest BCUT2D eigenvalue weighted by atomic mass is 10.1. The fourth-order valence-corrected chi connectivity index (χ4v) is 1.99. The van der Waals surface area contributed by atoms with E-state index in [1.807, 2.05) is 0 Å². The largest absolute Gasteiger partial charge is 0.443 e. The zero-order valence-electron chi connectivity index (χ0n) is 7.51. The number of hydrogen-bond donors (Lipinski definition) is 0. The van der Waals surface area contributed by atoms with E-state index in [0.717, 1.165) is 0 Å². The first-order chi connectivity index (χ1) is 7.24. The monoisotopic (exact) mass is 289 g/mol. The third-order valence-corrected chi connectivity index (χ3v) is 2.87. The fraction of sp³-hybridized carbons (Fsp3) is 0.100. The molecule has 2 aromatic rings. The molecule has 1 aromatic carbocycles. The molecule has 5 heteroatoms. The molecule has 0 unspecified atom stereocenters. The minimum absolute atomic E-state index is 0.187. The van der Waals surface area contributed by atoms with Crippen molar-refractivity contribution in [3.05, 3.63) is 40.6 Å². The first kappa shape index (κ1) is 10.6. The van der Waals surface area contributed by atoms with E-state index < -0.39 is 0 Å². The van der Waals surface area contributed by atoms with Gasteiger partial charge in [-0.15, -0.1) is 11.6 Å². The van der Waals surface area contributed by atoms with E-state index in [0.29, 0.717) is 21.5 Å². The van der Waals surface area contributed by atoms with Crippen LogP contribution in [-0.4, -0.2) is 4.98 Å². The standard InChI is InChI=1S/C10H6BrClFNO/c11-6-2-1-3-7(13)9(6)10-8(4-12)14-5-15-10/h1-3,5H,4H2. The summed E-state index contributed by atoms with van der Waals surface area (Å²) >= 11 is 8.93. The van der Waals surface area contributed by atoms with Gasteiger partial charge in [-0.25, -0.2) is 9.37 Å². The van der Waals surface area contributed by atoms with Gasteiger partial charge >= 0.3 is 0 Å². The van der Waals surface area contributed by atoms with E-state index in [9.17, 15) is 4.39 Å². The zero-order valence-corrected chi connectivity index (χ0v) is 9.85. The van der Waals surface area contributed by atoms with E-state index in [1.165, 1.54) is 12.5 Å². The highest BCUT2D eigenvalue weighted by molar-refractivity contribution is 9.10. The topological polar surface area (TPSA) is 26.0 Å². The summed E-state index contributed by atoms with van der Waals surface area (Å²) in [7, 11) is 0. The lowest BCUT2D eigenvalue weighted by Crippen LogP contribution is -1.88. The Kier molecular flexibility index (Phi) is 3.07. The summed E-state index contributed by atoms with van der Waals surface area (Å²) < 4.78 is 19.3. The number of nitrogens with zero attached hydrogens (tertiary/aromatic N) is 1. The molecule has 1 aromatic heterocycles. The van der Waals surface area contributed by atoms with Gasteiger partial charge in [-0.05, 0) is 28.1 Å². The normalized spacial score (nSPS) is 10.6. The molecule has 0 N–H and O–H groups in total. The molecular formula is C10H6BrClFNO. The van der Waals surface area contributed by atoms with Gasteiger partial charge in [0, 0.05) is 4.47 Å². The van der Waals surface area contributed by atoms with E-state index in [2.05, 4.69) is 20.9 Å². The second-order valence-electron chi connectivity index (χ2n) is 2.86. The molecule has 0 saturated heterocycles. The minimum Gasteiger partial charge on any atom is -0.443 e. The SMILES string of the molecule is Fc1cccc(Br)c1-c1ocnc1CCl. The Bertz CT molecular complexity index is 466. The van der Waals surface area contributed by atoms with Crippen molar-refractivity contribution in [2.24, 2.45) is 0 Å². The summed E-state index contributed by atoms with van der Waals surface area (Å²) in [5.74, 6) is 0.189. The Labute approximate surface area is 99.2 Å². The molecular weight excluding hydrogens is 284 g/mol. The van der Waals surface area contributed by atoms with Crippen molar-refractivity contribution >= 4 is 27.5 Å². The summed E-state index contributed by atoms with van der Waals surface area (Å²) in [6.07, 6.45) is 1.26. The Balaban J connectivity index is 2.63. The maximum Gasteiger partial charge on any atom is 0.181 e. The summed E-state index contributed by atoms with van der Waals surface area (Å²) in [5.41, 5.74) is 0.883. The Morgan fingerprint density at radius 2 is 2.27 bits per heavy atom. The quantitative estimate of drug-likeness (QED) is 0.782. The number of oxazole rings is 1. The lowest BCUT2D eigenvalue weighted by Gasteiger charge is -2.03. The third kappa shape index (κ3) is 1.92. The molecule has 1 heterocycles. The van der Waals surface area contributed by atoms with Crippen LogP contribution < -0.4 is 0 Å². The molecule has 2 rings (SSSR count). The Hall–Kier alpha value is -0.870. The summed E-state index contributed by atoms with van der Waals surface area (Å²) in [6, 6.07) is 4.71. The number of aromatic nitrogens is 1. The molecule has 0 bridgehead atoms. The molecule has 0 aliphatic carbocycles. The fourth-order valence-electron chi connectivity index (χ4n) is 1.28. The second-order valence-corrected chi connectivity index (χ2v) is 3.98. The molecule has 0 atom stereocenters. The lowest BCUT2D eigenvalue weighted by molar-refractivity contribution is 0.560. The molecule has 15 heavy (non-hydrogen) atoms. The van der Waals surface area contributed by atoms with Crippen LogP contribution in [0.25, 0.3) is 11.3 Å². The summed E-state index contributed by atoms with van der Waals surface area (Å²) in [5, 5.41) is 0. The van der Waals surface area contributed by atoms with Crippen LogP contribution in [0.15, 0.2) is 33.5 Å². The van der Waals surface area contributed by atoms with Gasteiger partial charge < -0.3 is 4.42 Å². The molecule has 2 nitrogen and oxygen atoms in total. The van der Waals surface area contributed by atoms with Gasteiger partial charge in [0.2, 0.25) is 0 Å². The van der Waals surface area contributed by atoms with Crippen LogP contribution in [0, 0.1) is 5.82 Å². The molecule has 0 spiro atoms. The van der Waals surface area contributed by atoms with Crippen LogP contribution in [0.1, 0.15) is 5.69 Å². The molecule has 0 amide bonds. The molecule has 0 aliphatic rings. The summed E-state index contributed by atoms with van der Waals surface area (Å²) in [6.45, 7) is 0. The van der Waals surface area contributed by atoms with Gasteiger partial charge in [0.1, 0.15) is 11.5 Å². The van der Waals surface area contributed by atoms with Crippen molar-refractivity contribution in [2.45, 2.75) is 5.88 Å². The number of benzene rings is 1. The van der Waals surface area contributed by atoms with Crippen molar-refractivity contribution in [1.29, 1.82) is 0 Å². The average molecular weight is 291 g/mol. The van der Waals surface area contributed by atoms with Crippen LogP contribution in [0.4, 0.5) is 4.39 Å². The number of alkyl halides is 1. The number of halogens is 3. The first-order valence-corrected chi connectivity index (χ1v) is 5.49. The van der Waals surface area contributed by atoms with E-state index in [4.69, 9.17) is 16.0 Å². The molecule has 0 aliphatic heterocycles. The van der Waals surface area contributed by atoms with Crippen LogP contribution >= 0.6 is 27.5 Å². The highest BCUT2D eigenvalue weighted by Crippen LogP contribution is 2.33. The van der Waals surface area contributed by atoms with Gasteiger partial charge in [0.15, 0.2) is 12.2 Å². The molecule has 78 valence electrons. The first-order valence-electron chi connectivity index (χ1n) is 4.16. The average Bonchev–Trinajstić information content (AvgIpc) is 2.65. The number of hydrogen-bond acceptors (Lipinski definition) is 2. The highest BCUT2D eigenvalue weighted by Gasteiger charge is 2.16. The zero-order chi connectivity index (χ0) is 10.8. The van der Waals surface area contributed by atoms with Crippen LogP contribution in [-0.2, 0) is 5.88 Å². The predicted octanol–water partition coefficient (Wildman–Crippen LogP) is 3.98. The summed E-state index contributed by atoms with van der Waals surface area (Å²) in [4.78, 5) is 3.91. The van der Waals surface area contributed by atoms with Gasteiger partial charge in [0.05, 0.1) is 11.4 Å². The van der Waals surface area contributed by atoms with E-state index >= 15 is 0 Å².